The van der Waals surface area contributed by atoms with Gasteiger partial charge in [0.15, 0.2) is 0 Å². The van der Waals surface area contributed by atoms with E-state index < -0.39 is 0 Å². The van der Waals surface area contributed by atoms with Crippen molar-refractivity contribution in [1.29, 1.82) is 0 Å². The Hall–Kier alpha value is -1.43. The van der Waals surface area contributed by atoms with Crippen LogP contribution in [0.3, 0.4) is 0 Å². The van der Waals surface area contributed by atoms with Crippen LogP contribution in [0.1, 0.15) is 25.8 Å². The van der Waals surface area contributed by atoms with Crippen LogP contribution in [0.5, 0.6) is 0 Å². The normalized spacial score (nSPS) is 12.2. The summed E-state index contributed by atoms with van der Waals surface area (Å²) in [6, 6.07) is 0. The Labute approximate surface area is 99.6 Å². The van der Waals surface area contributed by atoms with E-state index in [0.29, 0.717) is 16.4 Å². The second kappa shape index (κ2) is 5.07. The highest BCUT2D eigenvalue weighted by molar-refractivity contribution is 7.84. The van der Waals surface area contributed by atoms with Crippen LogP contribution in [-0.4, -0.2) is 9.97 Å². The Morgan fingerprint density at radius 3 is 2.81 bits per heavy atom. The number of hydrogen-bond donors (Lipinski definition) is 4. The van der Waals surface area contributed by atoms with Gasteiger partial charge >= 0.3 is 0 Å². The van der Waals surface area contributed by atoms with Crippen molar-refractivity contribution in [1.82, 2.24) is 9.97 Å². The number of aromatic amines is 1. The fourth-order valence-electron chi connectivity index (χ4n) is 1.06. The maximum Gasteiger partial charge on any atom is 0.257 e. The number of allylic oxidation sites excluding steroid dienone is 1. The Balaban J connectivity index is 3.12. The van der Waals surface area contributed by atoms with Crippen molar-refractivity contribution in [3.05, 3.63) is 26.5 Å². The number of nitrogens with two attached hydrogens (primary N) is 1. The van der Waals surface area contributed by atoms with E-state index in [0.717, 1.165) is 12.0 Å². The highest BCUT2D eigenvalue weighted by Crippen LogP contribution is 2.16. The Morgan fingerprint density at radius 2 is 2.25 bits per heavy atom. The number of hydrogen-bond acceptors (Lipinski definition) is 5. The summed E-state index contributed by atoms with van der Waals surface area (Å²) in [5, 5.41) is 3.67. The van der Waals surface area contributed by atoms with Gasteiger partial charge < -0.3 is 11.1 Å². The van der Waals surface area contributed by atoms with Crippen LogP contribution in [0.2, 0.25) is 0 Å². The molecule has 1 aromatic rings. The van der Waals surface area contributed by atoms with E-state index in [9.17, 15) is 4.79 Å². The van der Waals surface area contributed by atoms with Crippen molar-refractivity contribution in [2.45, 2.75) is 27.2 Å². The zero-order valence-electron chi connectivity index (χ0n) is 9.59. The molecule has 0 amide bonds. The fraction of sp³-hybridized carbons (Fsp3) is 0.400. The minimum absolute atomic E-state index is 0.0911. The summed E-state index contributed by atoms with van der Waals surface area (Å²) < 4.78 is 0. The Bertz CT molecular complexity index is 478. The van der Waals surface area contributed by atoms with Crippen molar-refractivity contribution in [3.63, 3.8) is 0 Å². The highest BCUT2D eigenvalue weighted by atomic mass is 32.1. The topological polar surface area (TPSA) is 83.8 Å². The molecule has 0 saturated carbocycles. The molecule has 0 saturated heterocycles. The second-order valence-corrected chi connectivity index (χ2v) is 3.98. The molecular weight excluding hydrogens is 224 g/mol. The zero-order chi connectivity index (χ0) is 12.3. The average Bonchev–Trinajstić information content (AvgIpc) is 2.23. The summed E-state index contributed by atoms with van der Waals surface area (Å²) in [6.07, 6.45) is 0.879. The first kappa shape index (κ1) is 12.6. The summed E-state index contributed by atoms with van der Waals surface area (Å²) in [6.45, 7) is 5.66. The Kier molecular flexibility index (Phi) is 4.00. The van der Waals surface area contributed by atoms with Gasteiger partial charge in [0, 0.05) is 0 Å². The molecule has 6 heteroatoms. The van der Waals surface area contributed by atoms with Crippen LogP contribution >= 0.6 is 12.6 Å². The quantitative estimate of drug-likeness (QED) is 0.605. The summed E-state index contributed by atoms with van der Waals surface area (Å²) in [7, 11) is 0. The molecule has 1 rings (SSSR count). The van der Waals surface area contributed by atoms with Crippen LogP contribution in [0.25, 0.3) is 0 Å². The number of rotatable bonds is 3. The van der Waals surface area contributed by atoms with Gasteiger partial charge in [-0.05, 0) is 25.8 Å². The van der Waals surface area contributed by atoms with Crippen molar-refractivity contribution < 1.29 is 0 Å². The average molecular weight is 240 g/mol. The minimum atomic E-state index is -0.245. The van der Waals surface area contributed by atoms with Crippen molar-refractivity contribution in [2.24, 2.45) is 0 Å². The number of nitrogens with zero attached hydrogens (tertiary/aromatic N) is 1. The van der Waals surface area contributed by atoms with Gasteiger partial charge in [0.25, 0.3) is 5.56 Å². The third kappa shape index (κ3) is 2.79. The van der Waals surface area contributed by atoms with E-state index in [1.165, 1.54) is 0 Å². The standard InChI is InChI=1S/C10H16N4OS/c1-4-5(2)9(16)12-7-6(3)8(15)14-10(11)13-7/h16H,4H2,1-3H3,(H4,11,12,13,14,15). The largest absolute Gasteiger partial charge is 0.369 e. The first-order valence-corrected chi connectivity index (χ1v) is 5.42. The molecule has 4 N–H and O–H groups in total. The van der Waals surface area contributed by atoms with E-state index in [1.54, 1.807) is 6.92 Å². The molecule has 0 bridgehead atoms. The van der Waals surface area contributed by atoms with Crippen molar-refractivity contribution in [2.75, 3.05) is 11.1 Å². The van der Waals surface area contributed by atoms with E-state index in [2.05, 4.69) is 27.9 Å². The SMILES string of the molecule is CCC(C)=C(S)Nc1nc(N)[nH]c(=O)c1C. The van der Waals surface area contributed by atoms with Gasteiger partial charge in [-0.3, -0.25) is 9.78 Å². The highest BCUT2D eigenvalue weighted by Gasteiger charge is 2.07. The molecule has 0 fully saturated rings. The molecule has 0 aliphatic rings. The summed E-state index contributed by atoms with van der Waals surface area (Å²) >= 11 is 4.31. The van der Waals surface area contributed by atoms with Crippen LogP contribution in [0, 0.1) is 6.92 Å². The minimum Gasteiger partial charge on any atom is -0.369 e. The molecule has 0 aliphatic carbocycles. The number of thiol groups is 1. The molecular formula is C10H16N4OS. The van der Waals surface area contributed by atoms with Gasteiger partial charge in [0.1, 0.15) is 5.82 Å². The molecule has 0 radical (unpaired) electrons. The lowest BCUT2D eigenvalue weighted by Crippen LogP contribution is -2.17. The summed E-state index contributed by atoms with van der Waals surface area (Å²) in [5.74, 6) is 0.535. The lowest BCUT2D eigenvalue weighted by Gasteiger charge is -2.10. The Morgan fingerprint density at radius 1 is 1.62 bits per heavy atom. The number of anilines is 2. The summed E-state index contributed by atoms with van der Waals surface area (Å²) in [4.78, 5) is 17.9. The van der Waals surface area contributed by atoms with E-state index in [1.807, 2.05) is 13.8 Å². The van der Waals surface area contributed by atoms with Crippen molar-refractivity contribution >= 4 is 24.4 Å². The molecule has 5 nitrogen and oxygen atoms in total. The predicted octanol–water partition coefficient (Wildman–Crippen LogP) is 1.64. The predicted molar refractivity (Wildman–Crippen MR) is 69.6 cm³/mol. The van der Waals surface area contributed by atoms with Gasteiger partial charge in [-0.15, -0.1) is 12.6 Å². The molecule has 16 heavy (non-hydrogen) atoms. The molecule has 1 aromatic heterocycles. The maximum atomic E-state index is 11.4. The van der Waals surface area contributed by atoms with Crippen molar-refractivity contribution in [3.8, 4) is 0 Å². The molecule has 0 unspecified atom stereocenters. The third-order valence-electron chi connectivity index (χ3n) is 2.34. The van der Waals surface area contributed by atoms with E-state index in [-0.39, 0.29) is 11.5 Å². The van der Waals surface area contributed by atoms with Gasteiger partial charge in [-0.25, -0.2) is 0 Å². The van der Waals surface area contributed by atoms with Crippen LogP contribution in [-0.2, 0) is 0 Å². The van der Waals surface area contributed by atoms with E-state index >= 15 is 0 Å². The number of aromatic nitrogens is 2. The van der Waals surface area contributed by atoms with Crippen LogP contribution < -0.4 is 16.6 Å². The molecule has 0 spiro atoms. The number of nitrogen functional groups attached to an aromatic ring is 1. The molecule has 1 heterocycles. The molecule has 0 aliphatic heterocycles. The zero-order valence-corrected chi connectivity index (χ0v) is 10.5. The lowest BCUT2D eigenvalue weighted by atomic mass is 10.2. The number of nitrogens with one attached hydrogen (secondary N) is 2. The van der Waals surface area contributed by atoms with Crippen LogP contribution in [0.4, 0.5) is 11.8 Å². The van der Waals surface area contributed by atoms with Gasteiger partial charge in [-0.2, -0.15) is 4.98 Å². The monoisotopic (exact) mass is 240 g/mol. The second-order valence-electron chi connectivity index (χ2n) is 3.53. The van der Waals surface area contributed by atoms with Gasteiger partial charge in [0.05, 0.1) is 10.6 Å². The fourth-order valence-corrected chi connectivity index (χ4v) is 1.32. The number of H-pyrrole nitrogens is 1. The van der Waals surface area contributed by atoms with Gasteiger partial charge in [-0.1, -0.05) is 6.92 Å². The summed E-state index contributed by atoms with van der Waals surface area (Å²) in [5.41, 5.74) is 6.80. The van der Waals surface area contributed by atoms with E-state index in [4.69, 9.17) is 5.73 Å². The first-order chi connectivity index (χ1) is 7.45. The molecule has 0 aromatic carbocycles. The lowest BCUT2D eigenvalue weighted by molar-refractivity contribution is 1.07. The third-order valence-corrected chi connectivity index (χ3v) is 2.83. The molecule has 0 atom stereocenters. The maximum absolute atomic E-state index is 11.4. The smallest absolute Gasteiger partial charge is 0.257 e. The van der Waals surface area contributed by atoms with Crippen LogP contribution in [0.15, 0.2) is 15.4 Å². The van der Waals surface area contributed by atoms with Gasteiger partial charge in [0.2, 0.25) is 5.95 Å². The molecule has 88 valence electrons. The first-order valence-electron chi connectivity index (χ1n) is 4.97.